The highest BCUT2D eigenvalue weighted by molar-refractivity contribution is 7.15. The van der Waals surface area contributed by atoms with Crippen LogP contribution >= 0.6 is 11.3 Å². The highest BCUT2D eigenvalue weighted by Gasteiger charge is 2.41. The fourth-order valence-corrected chi connectivity index (χ4v) is 3.71. The number of fused-ring (bicyclic) bond motifs is 1. The number of hydrogen-bond donors (Lipinski definition) is 1. The average Bonchev–Trinajstić information content (AvgIpc) is 2.92. The minimum atomic E-state index is -0.657. The van der Waals surface area contributed by atoms with Crippen molar-refractivity contribution in [3.05, 3.63) is 23.5 Å². The van der Waals surface area contributed by atoms with Crippen LogP contribution in [0, 0.1) is 11.3 Å². The Bertz CT molecular complexity index is 565. The van der Waals surface area contributed by atoms with Gasteiger partial charge in [0.25, 0.3) is 0 Å². The molecule has 0 saturated heterocycles. The lowest BCUT2D eigenvalue weighted by Crippen LogP contribution is -2.37. The molecule has 0 radical (unpaired) electrons. The monoisotopic (exact) mass is 278 g/mol. The summed E-state index contributed by atoms with van der Waals surface area (Å²) in [5.74, 6) is -0.00581. The molecule has 2 aromatic rings. The van der Waals surface area contributed by atoms with E-state index >= 15 is 0 Å². The van der Waals surface area contributed by atoms with E-state index in [-0.39, 0.29) is 0 Å². The Kier molecular flexibility index (Phi) is 3.09. The third-order valence-corrected chi connectivity index (χ3v) is 5.12. The molecule has 1 aliphatic rings. The Labute approximate surface area is 116 Å². The quantitative estimate of drug-likeness (QED) is 0.938. The summed E-state index contributed by atoms with van der Waals surface area (Å²) in [5, 5.41) is 11.6. The van der Waals surface area contributed by atoms with Gasteiger partial charge in [-0.2, -0.15) is 0 Å². The van der Waals surface area contributed by atoms with E-state index < -0.39 is 11.4 Å². The lowest BCUT2D eigenvalue weighted by atomic mass is 9.68. The van der Waals surface area contributed by atoms with E-state index in [1.54, 1.807) is 11.3 Å². The normalized spacial score (nSPS) is 27.7. The standard InChI is InChI=1S/C14H18N2O2S/c1-10-2-4-14(5-3-10,12(17)18)8-11-9-16-6-7-19-13(16)15-11/h6-7,9-10H,2-5,8H2,1H3,(H,17,18). The molecule has 1 aliphatic carbocycles. The summed E-state index contributed by atoms with van der Waals surface area (Å²) in [4.78, 5) is 17.2. The van der Waals surface area contributed by atoms with Crippen molar-refractivity contribution < 1.29 is 9.90 Å². The number of aliphatic carboxylic acids is 1. The number of nitrogens with zero attached hydrogens (tertiary/aromatic N) is 2. The molecule has 102 valence electrons. The summed E-state index contributed by atoms with van der Waals surface area (Å²) < 4.78 is 1.97. The molecule has 0 aliphatic heterocycles. The van der Waals surface area contributed by atoms with Crippen molar-refractivity contribution in [1.82, 2.24) is 9.38 Å². The largest absolute Gasteiger partial charge is 0.481 e. The molecule has 1 saturated carbocycles. The van der Waals surface area contributed by atoms with Gasteiger partial charge in [-0.3, -0.25) is 9.20 Å². The summed E-state index contributed by atoms with van der Waals surface area (Å²) >= 11 is 1.58. The molecule has 2 aromatic heterocycles. The van der Waals surface area contributed by atoms with E-state index in [4.69, 9.17) is 0 Å². The van der Waals surface area contributed by atoms with Gasteiger partial charge in [-0.15, -0.1) is 11.3 Å². The fourth-order valence-electron chi connectivity index (χ4n) is 2.99. The van der Waals surface area contributed by atoms with Gasteiger partial charge in [-0.1, -0.05) is 6.92 Å². The van der Waals surface area contributed by atoms with Gasteiger partial charge in [0, 0.05) is 24.2 Å². The van der Waals surface area contributed by atoms with E-state index in [1.165, 1.54) is 0 Å². The molecule has 1 fully saturated rings. The molecular formula is C14H18N2O2S. The molecule has 0 atom stereocenters. The van der Waals surface area contributed by atoms with Crippen molar-refractivity contribution in [2.75, 3.05) is 0 Å². The van der Waals surface area contributed by atoms with E-state index in [2.05, 4.69) is 11.9 Å². The fraction of sp³-hybridized carbons (Fsp3) is 0.571. The average molecular weight is 278 g/mol. The molecule has 5 heteroatoms. The SMILES string of the molecule is CC1CCC(Cc2cn3ccsc3n2)(C(=O)O)CC1. The molecule has 0 amide bonds. The second-order valence-corrected chi connectivity index (χ2v) is 6.64. The maximum absolute atomic E-state index is 11.7. The minimum absolute atomic E-state index is 0.559. The highest BCUT2D eigenvalue weighted by Crippen LogP contribution is 2.41. The third-order valence-electron chi connectivity index (χ3n) is 4.35. The van der Waals surface area contributed by atoms with E-state index in [0.29, 0.717) is 12.3 Å². The Hall–Kier alpha value is -1.36. The Morgan fingerprint density at radius 1 is 1.58 bits per heavy atom. The zero-order chi connectivity index (χ0) is 13.5. The Morgan fingerprint density at radius 3 is 2.95 bits per heavy atom. The first-order valence-electron chi connectivity index (χ1n) is 6.73. The van der Waals surface area contributed by atoms with Crippen LogP contribution in [0.4, 0.5) is 0 Å². The first-order valence-corrected chi connectivity index (χ1v) is 7.61. The van der Waals surface area contributed by atoms with Gasteiger partial charge in [-0.05, 0) is 31.6 Å². The lowest BCUT2D eigenvalue weighted by Gasteiger charge is -2.35. The molecule has 0 bridgehead atoms. The van der Waals surface area contributed by atoms with Crippen molar-refractivity contribution in [2.24, 2.45) is 11.3 Å². The first kappa shape index (κ1) is 12.7. The van der Waals surface area contributed by atoms with Crippen LogP contribution < -0.4 is 0 Å². The number of carboxylic acid groups (broad SMARTS) is 1. The van der Waals surface area contributed by atoms with Crippen LogP contribution in [-0.4, -0.2) is 20.5 Å². The number of carboxylic acids is 1. The summed E-state index contributed by atoms with van der Waals surface area (Å²) in [7, 11) is 0. The molecule has 0 aromatic carbocycles. The van der Waals surface area contributed by atoms with Crippen molar-refractivity contribution in [3.8, 4) is 0 Å². The number of thiazole rings is 1. The number of hydrogen-bond acceptors (Lipinski definition) is 3. The van der Waals surface area contributed by atoms with Crippen LogP contribution in [0.5, 0.6) is 0 Å². The number of imidazole rings is 1. The van der Waals surface area contributed by atoms with Crippen molar-refractivity contribution in [2.45, 2.75) is 39.0 Å². The summed E-state index contributed by atoms with van der Waals surface area (Å²) in [6.45, 7) is 2.21. The summed E-state index contributed by atoms with van der Waals surface area (Å²) in [6, 6.07) is 0. The smallest absolute Gasteiger partial charge is 0.310 e. The van der Waals surface area contributed by atoms with Crippen LogP contribution in [-0.2, 0) is 11.2 Å². The maximum Gasteiger partial charge on any atom is 0.310 e. The van der Waals surface area contributed by atoms with Gasteiger partial charge in [-0.25, -0.2) is 4.98 Å². The van der Waals surface area contributed by atoms with Gasteiger partial charge in [0.05, 0.1) is 11.1 Å². The van der Waals surface area contributed by atoms with Gasteiger partial charge in [0.15, 0.2) is 4.96 Å². The zero-order valence-electron chi connectivity index (χ0n) is 11.0. The predicted molar refractivity (Wildman–Crippen MR) is 74.5 cm³/mol. The summed E-state index contributed by atoms with van der Waals surface area (Å²) in [6.07, 6.45) is 8.05. The highest BCUT2D eigenvalue weighted by atomic mass is 32.1. The van der Waals surface area contributed by atoms with Crippen LogP contribution in [0.25, 0.3) is 4.96 Å². The Balaban J connectivity index is 1.85. The van der Waals surface area contributed by atoms with Gasteiger partial charge >= 0.3 is 5.97 Å². The van der Waals surface area contributed by atoms with Gasteiger partial charge in [0.1, 0.15) is 0 Å². The second-order valence-electron chi connectivity index (χ2n) is 5.77. The second kappa shape index (κ2) is 4.63. The van der Waals surface area contributed by atoms with Crippen molar-refractivity contribution in [3.63, 3.8) is 0 Å². The van der Waals surface area contributed by atoms with E-state index in [0.717, 1.165) is 36.3 Å². The Morgan fingerprint density at radius 2 is 2.32 bits per heavy atom. The molecule has 2 heterocycles. The third kappa shape index (κ3) is 2.27. The first-order chi connectivity index (χ1) is 9.09. The van der Waals surface area contributed by atoms with Crippen molar-refractivity contribution >= 4 is 22.3 Å². The molecule has 4 nitrogen and oxygen atoms in total. The number of rotatable bonds is 3. The summed E-state index contributed by atoms with van der Waals surface area (Å²) in [5.41, 5.74) is 0.306. The molecule has 0 spiro atoms. The maximum atomic E-state index is 11.7. The topological polar surface area (TPSA) is 54.6 Å². The number of aromatic nitrogens is 2. The number of carbonyl (C=O) groups is 1. The molecule has 3 rings (SSSR count). The molecule has 1 N–H and O–H groups in total. The molecule has 0 unspecified atom stereocenters. The lowest BCUT2D eigenvalue weighted by molar-refractivity contribution is -0.151. The van der Waals surface area contributed by atoms with Crippen LogP contribution in [0.15, 0.2) is 17.8 Å². The van der Waals surface area contributed by atoms with Gasteiger partial charge in [0.2, 0.25) is 0 Å². The zero-order valence-corrected chi connectivity index (χ0v) is 11.8. The minimum Gasteiger partial charge on any atom is -0.481 e. The van der Waals surface area contributed by atoms with Gasteiger partial charge < -0.3 is 5.11 Å². The van der Waals surface area contributed by atoms with E-state index in [1.807, 2.05) is 22.2 Å². The van der Waals surface area contributed by atoms with Crippen molar-refractivity contribution in [1.29, 1.82) is 0 Å². The van der Waals surface area contributed by atoms with Crippen LogP contribution in [0.3, 0.4) is 0 Å². The van der Waals surface area contributed by atoms with Crippen LogP contribution in [0.2, 0.25) is 0 Å². The predicted octanol–water partition coefficient (Wildman–Crippen LogP) is 3.22. The van der Waals surface area contributed by atoms with Crippen LogP contribution in [0.1, 0.15) is 38.3 Å². The van der Waals surface area contributed by atoms with E-state index in [9.17, 15) is 9.90 Å². The molecule has 19 heavy (non-hydrogen) atoms. The molecular weight excluding hydrogens is 260 g/mol.